The van der Waals surface area contributed by atoms with Gasteiger partial charge in [-0.1, -0.05) is 0 Å². The van der Waals surface area contributed by atoms with Crippen molar-refractivity contribution in [2.24, 2.45) is 0 Å². The van der Waals surface area contributed by atoms with Crippen molar-refractivity contribution in [3.05, 3.63) is 24.0 Å². The summed E-state index contributed by atoms with van der Waals surface area (Å²) < 4.78 is 18.1. The molecule has 0 aliphatic heterocycles. The monoisotopic (exact) mass is 208 g/mol. The second-order valence-corrected chi connectivity index (χ2v) is 3.15. The SMILES string of the molecule is COc1ccc(N(C)CCC#N)cc1F. The first kappa shape index (κ1) is 11.3. The Balaban J connectivity index is 2.79. The molecule has 15 heavy (non-hydrogen) atoms. The summed E-state index contributed by atoms with van der Waals surface area (Å²) in [4.78, 5) is 1.83. The maximum atomic E-state index is 13.3. The van der Waals surface area contributed by atoms with Gasteiger partial charge in [0.2, 0.25) is 0 Å². The van der Waals surface area contributed by atoms with Crippen molar-refractivity contribution in [3.63, 3.8) is 0 Å². The Morgan fingerprint density at radius 2 is 2.27 bits per heavy atom. The van der Waals surface area contributed by atoms with Crippen molar-refractivity contribution in [3.8, 4) is 11.8 Å². The Labute approximate surface area is 88.7 Å². The summed E-state index contributed by atoms with van der Waals surface area (Å²) >= 11 is 0. The highest BCUT2D eigenvalue weighted by Gasteiger charge is 2.06. The summed E-state index contributed by atoms with van der Waals surface area (Å²) in [6.07, 6.45) is 0.421. The Bertz CT molecular complexity index is 373. The highest BCUT2D eigenvalue weighted by atomic mass is 19.1. The first-order chi connectivity index (χ1) is 7.19. The van der Waals surface area contributed by atoms with Gasteiger partial charge in [0.1, 0.15) is 0 Å². The molecule has 0 aromatic heterocycles. The van der Waals surface area contributed by atoms with Crippen LogP contribution in [0.15, 0.2) is 18.2 Å². The molecule has 0 aliphatic rings. The second-order valence-electron chi connectivity index (χ2n) is 3.15. The molecule has 0 unspecified atom stereocenters. The number of nitrogens with zero attached hydrogens (tertiary/aromatic N) is 2. The smallest absolute Gasteiger partial charge is 0.167 e. The molecule has 0 spiro atoms. The van der Waals surface area contributed by atoms with E-state index in [4.69, 9.17) is 10.00 Å². The molecule has 0 heterocycles. The Morgan fingerprint density at radius 1 is 1.53 bits per heavy atom. The van der Waals surface area contributed by atoms with Crippen molar-refractivity contribution in [1.82, 2.24) is 0 Å². The third-order valence-electron chi connectivity index (χ3n) is 2.14. The molecule has 3 nitrogen and oxygen atoms in total. The van der Waals surface area contributed by atoms with Gasteiger partial charge in [-0.2, -0.15) is 5.26 Å². The Hall–Kier alpha value is -1.76. The van der Waals surface area contributed by atoms with Crippen molar-refractivity contribution >= 4 is 5.69 Å². The molecule has 0 aliphatic carbocycles. The zero-order chi connectivity index (χ0) is 11.3. The van der Waals surface area contributed by atoms with Crippen LogP contribution in [0, 0.1) is 17.1 Å². The Kier molecular flexibility index (Phi) is 3.92. The zero-order valence-corrected chi connectivity index (χ0v) is 8.83. The van der Waals surface area contributed by atoms with E-state index in [1.165, 1.54) is 13.2 Å². The fraction of sp³-hybridized carbons (Fsp3) is 0.364. The van der Waals surface area contributed by atoms with Gasteiger partial charge in [-0.15, -0.1) is 0 Å². The van der Waals surface area contributed by atoms with Gasteiger partial charge < -0.3 is 9.64 Å². The molecule has 0 radical (unpaired) electrons. The number of ether oxygens (including phenoxy) is 1. The Morgan fingerprint density at radius 3 is 2.80 bits per heavy atom. The van der Waals surface area contributed by atoms with Crippen molar-refractivity contribution in [2.75, 3.05) is 25.6 Å². The van der Waals surface area contributed by atoms with Gasteiger partial charge in [-0.05, 0) is 12.1 Å². The second kappa shape index (κ2) is 5.20. The van der Waals surface area contributed by atoms with E-state index in [0.29, 0.717) is 13.0 Å². The molecule has 0 N–H and O–H groups in total. The molecule has 0 atom stereocenters. The van der Waals surface area contributed by atoms with Gasteiger partial charge in [0, 0.05) is 25.3 Å². The topological polar surface area (TPSA) is 36.3 Å². The highest BCUT2D eigenvalue weighted by Crippen LogP contribution is 2.22. The minimum Gasteiger partial charge on any atom is -0.494 e. The summed E-state index contributed by atoms with van der Waals surface area (Å²) in [7, 11) is 3.25. The number of hydrogen-bond acceptors (Lipinski definition) is 3. The largest absolute Gasteiger partial charge is 0.494 e. The fourth-order valence-corrected chi connectivity index (χ4v) is 1.24. The van der Waals surface area contributed by atoms with E-state index in [1.807, 2.05) is 18.0 Å². The average molecular weight is 208 g/mol. The maximum absolute atomic E-state index is 13.3. The third-order valence-corrected chi connectivity index (χ3v) is 2.14. The summed E-state index contributed by atoms with van der Waals surface area (Å²) in [5.74, 6) is -0.161. The van der Waals surface area contributed by atoms with Crippen LogP contribution in [0.4, 0.5) is 10.1 Å². The van der Waals surface area contributed by atoms with Crippen LogP contribution >= 0.6 is 0 Å². The number of benzene rings is 1. The van der Waals surface area contributed by atoms with Crippen molar-refractivity contribution < 1.29 is 9.13 Å². The van der Waals surface area contributed by atoms with Gasteiger partial charge in [0.05, 0.1) is 19.6 Å². The summed E-state index contributed by atoms with van der Waals surface area (Å²) in [6, 6.07) is 6.78. The first-order valence-corrected chi connectivity index (χ1v) is 4.60. The highest BCUT2D eigenvalue weighted by molar-refractivity contribution is 5.49. The van der Waals surface area contributed by atoms with E-state index in [-0.39, 0.29) is 11.6 Å². The summed E-state index contributed by atoms with van der Waals surface area (Å²) in [5, 5.41) is 8.43. The number of hydrogen-bond donors (Lipinski definition) is 0. The van der Waals surface area contributed by atoms with E-state index < -0.39 is 0 Å². The first-order valence-electron chi connectivity index (χ1n) is 4.60. The molecule has 0 saturated carbocycles. The molecule has 4 heteroatoms. The average Bonchev–Trinajstić information content (AvgIpc) is 2.25. The normalized spacial score (nSPS) is 9.47. The lowest BCUT2D eigenvalue weighted by atomic mass is 10.2. The van der Waals surface area contributed by atoms with Crippen LogP contribution in [0.5, 0.6) is 5.75 Å². The molecular weight excluding hydrogens is 195 g/mol. The van der Waals surface area contributed by atoms with Crippen LogP contribution < -0.4 is 9.64 Å². The molecule has 0 fully saturated rings. The lowest BCUT2D eigenvalue weighted by molar-refractivity contribution is 0.386. The van der Waals surface area contributed by atoms with Gasteiger partial charge in [-0.25, -0.2) is 4.39 Å². The number of anilines is 1. The van der Waals surface area contributed by atoms with Gasteiger partial charge >= 0.3 is 0 Å². The predicted octanol–water partition coefficient (Wildman–Crippen LogP) is 2.18. The van der Waals surface area contributed by atoms with E-state index in [2.05, 4.69) is 0 Å². The van der Waals surface area contributed by atoms with Crippen molar-refractivity contribution in [2.45, 2.75) is 6.42 Å². The van der Waals surface area contributed by atoms with Crippen LogP contribution in [0.1, 0.15) is 6.42 Å². The lowest BCUT2D eigenvalue weighted by Gasteiger charge is -2.18. The summed E-state index contributed by atoms with van der Waals surface area (Å²) in [6.45, 7) is 0.586. The van der Waals surface area contributed by atoms with Crippen LogP contribution in [-0.4, -0.2) is 20.7 Å². The molecular formula is C11H13FN2O. The number of nitriles is 1. The van der Waals surface area contributed by atoms with Gasteiger partial charge in [-0.3, -0.25) is 0 Å². The molecule has 80 valence electrons. The molecule has 0 saturated heterocycles. The predicted molar refractivity (Wildman–Crippen MR) is 56.5 cm³/mol. The molecule has 0 bridgehead atoms. The standard InChI is InChI=1S/C11H13FN2O/c1-14(7-3-6-13)9-4-5-11(15-2)10(12)8-9/h4-5,8H,3,7H2,1-2H3. The molecule has 1 rings (SSSR count). The summed E-state index contributed by atoms with van der Waals surface area (Å²) in [5.41, 5.74) is 0.739. The van der Waals surface area contributed by atoms with Crippen LogP contribution in [0.2, 0.25) is 0 Å². The van der Waals surface area contributed by atoms with E-state index in [0.717, 1.165) is 5.69 Å². The van der Waals surface area contributed by atoms with Crippen molar-refractivity contribution in [1.29, 1.82) is 5.26 Å². The molecule has 1 aromatic rings. The fourth-order valence-electron chi connectivity index (χ4n) is 1.24. The third kappa shape index (κ3) is 2.84. The number of methoxy groups -OCH3 is 1. The minimum absolute atomic E-state index is 0.229. The minimum atomic E-state index is -0.390. The van der Waals surface area contributed by atoms with Crippen LogP contribution in [0.3, 0.4) is 0 Å². The number of halogens is 1. The van der Waals surface area contributed by atoms with Gasteiger partial charge in [0.25, 0.3) is 0 Å². The van der Waals surface area contributed by atoms with E-state index >= 15 is 0 Å². The van der Waals surface area contributed by atoms with E-state index in [9.17, 15) is 4.39 Å². The zero-order valence-electron chi connectivity index (χ0n) is 8.83. The molecule has 1 aromatic carbocycles. The van der Waals surface area contributed by atoms with E-state index in [1.54, 1.807) is 12.1 Å². The van der Waals surface area contributed by atoms with Crippen LogP contribution in [-0.2, 0) is 0 Å². The van der Waals surface area contributed by atoms with Crippen LogP contribution in [0.25, 0.3) is 0 Å². The maximum Gasteiger partial charge on any atom is 0.167 e. The van der Waals surface area contributed by atoms with Gasteiger partial charge in [0.15, 0.2) is 11.6 Å². The molecule has 0 amide bonds. The quantitative estimate of drug-likeness (QED) is 0.761. The lowest BCUT2D eigenvalue weighted by Crippen LogP contribution is -2.18. The number of rotatable bonds is 4.